The molecule has 5 nitrogen and oxygen atoms in total. The van der Waals surface area contributed by atoms with Crippen LogP contribution in [0.15, 0.2) is 36.5 Å². The number of hydrogen-bond donors (Lipinski definition) is 0. The van der Waals surface area contributed by atoms with E-state index in [1.165, 1.54) is 52.7 Å². The van der Waals surface area contributed by atoms with Crippen LogP contribution in [0.1, 0.15) is 71.1 Å². The standard InChI is InChI=1S/C29H39N3O2/c1-6-32-26-13-12-22(31-15-8-7-9-16-31)17-24(26)25(18-29(4,5)19-34-20-33)28(32)23-11-10-14-30-27(23)21(2)3/h10-14,17,20-21H,6-9,15-16,18-19H2,1-5H3. The van der Waals surface area contributed by atoms with Gasteiger partial charge in [-0.1, -0.05) is 27.7 Å². The second-order valence-electron chi connectivity index (χ2n) is 10.7. The van der Waals surface area contributed by atoms with Crippen molar-refractivity contribution >= 4 is 23.1 Å². The molecule has 0 atom stereocenters. The number of hydrogen-bond acceptors (Lipinski definition) is 4. The van der Waals surface area contributed by atoms with Crippen LogP contribution in [0.4, 0.5) is 5.69 Å². The van der Waals surface area contributed by atoms with Gasteiger partial charge in [0, 0.05) is 53.4 Å². The Bertz CT molecular complexity index is 1140. The molecule has 1 aromatic carbocycles. The summed E-state index contributed by atoms with van der Waals surface area (Å²) in [7, 11) is 0. The third kappa shape index (κ3) is 4.84. The largest absolute Gasteiger partial charge is 0.467 e. The van der Waals surface area contributed by atoms with E-state index in [9.17, 15) is 4.79 Å². The van der Waals surface area contributed by atoms with Crippen LogP contribution < -0.4 is 4.90 Å². The third-order valence-corrected chi connectivity index (χ3v) is 7.03. The fourth-order valence-corrected chi connectivity index (χ4v) is 5.44. The lowest BCUT2D eigenvalue weighted by molar-refractivity contribution is -0.131. The molecule has 0 spiro atoms. The van der Waals surface area contributed by atoms with E-state index >= 15 is 0 Å². The first-order valence-corrected chi connectivity index (χ1v) is 12.8. The number of ether oxygens (including phenoxy) is 1. The molecule has 4 rings (SSSR count). The van der Waals surface area contributed by atoms with Crippen LogP contribution in [0.5, 0.6) is 0 Å². The number of fused-ring (bicyclic) bond motifs is 1. The highest BCUT2D eigenvalue weighted by Gasteiger charge is 2.28. The van der Waals surface area contributed by atoms with Crippen molar-refractivity contribution in [1.82, 2.24) is 9.55 Å². The lowest BCUT2D eigenvalue weighted by Crippen LogP contribution is -2.29. The smallest absolute Gasteiger partial charge is 0.293 e. The van der Waals surface area contributed by atoms with Crippen LogP contribution in [-0.4, -0.2) is 35.7 Å². The van der Waals surface area contributed by atoms with Crippen molar-refractivity contribution in [2.75, 3.05) is 24.6 Å². The SMILES string of the molecule is CCn1c(-c2cccnc2C(C)C)c(CC(C)(C)COC=O)c2cc(N3CCCCC3)ccc21. The summed E-state index contributed by atoms with van der Waals surface area (Å²) in [5, 5.41) is 1.30. The summed E-state index contributed by atoms with van der Waals surface area (Å²) < 4.78 is 7.68. The summed E-state index contributed by atoms with van der Waals surface area (Å²) in [5.74, 6) is 0.322. The average Bonchev–Trinajstić information content (AvgIpc) is 3.15. The Morgan fingerprint density at radius 2 is 1.91 bits per heavy atom. The van der Waals surface area contributed by atoms with Gasteiger partial charge in [0.15, 0.2) is 0 Å². The Kier molecular flexibility index (Phi) is 7.30. The molecule has 0 radical (unpaired) electrons. The quantitative estimate of drug-likeness (QED) is 0.338. The fourth-order valence-electron chi connectivity index (χ4n) is 5.44. The number of anilines is 1. The second kappa shape index (κ2) is 10.2. The first-order chi connectivity index (χ1) is 16.4. The van der Waals surface area contributed by atoms with E-state index in [4.69, 9.17) is 9.72 Å². The number of carbonyl (C=O) groups is 1. The molecular weight excluding hydrogens is 422 g/mol. The van der Waals surface area contributed by atoms with Gasteiger partial charge in [-0.05, 0) is 74.4 Å². The Labute approximate surface area is 204 Å². The van der Waals surface area contributed by atoms with E-state index in [1.54, 1.807) is 0 Å². The maximum atomic E-state index is 11.0. The number of aryl methyl sites for hydroxylation is 1. The van der Waals surface area contributed by atoms with Crippen molar-refractivity contribution in [2.45, 2.75) is 72.8 Å². The molecule has 3 aromatic rings. The van der Waals surface area contributed by atoms with E-state index in [-0.39, 0.29) is 5.41 Å². The lowest BCUT2D eigenvalue weighted by Gasteiger charge is -2.29. The summed E-state index contributed by atoms with van der Waals surface area (Å²) in [5.41, 5.74) is 7.29. The Morgan fingerprint density at radius 3 is 2.59 bits per heavy atom. The highest BCUT2D eigenvalue weighted by molar-refractivity contribution is 5.94. The predicted octanol–water partition coefficient (Wildman–Crippen LogP) is 6.58. The van der Waals surface area contributed by atoms with Crippen molar-refractivity contribution in [3.63, 3.8) is 0 Å². The molecule has 0 amide bonds. The summed E-state index contributed by atoms with van der Waals surface area (Å²) in [6, 6.07) is 11.2. The number of rotatable bonds is 9. The zero-order chi connectivity index (χ0) is 24.3. The predicted molar refractivity (Wildman–Crippen MR) is 140 cm³/mol. The molecule has 5 heteroatoms. The van der Waals surface area contributed by atoms with Gasteiger partial charge in [0.1, 0.15) is 0 Å². The van der Waals surface area contributed by atoms with Gasteiger partial charge < -0.3 is 14.2 Å². The van der Waals surface area contributed by atoms with Crippen LogP contribution in [0, 0.1) is 5.41 Å². The lowest BCUT2D eigenvalue weighted by atomic mass is 9.84. The molecule has 0 unspecified atom stereocenters. The molecule has 3 heterocycles. The zero-order valence-electron chi connectivity index (χ0n) is 21.4. The fraction of sp³-hybridized carbons (Fsp3) is 0.517. The van der Waals surface area contributed by atoms with E-state index in [0.29, 0.717) is 19.0 Å². The molecule has 0 saturated carbocycles. The van der Waals surface area contributed by atoms with Crippen LogP contribution in [-0.2, 0) is 22.5 Å². The minimum absolute atomic E-state index is 0.191. The molecule has 182 valence electrons. The van der Waals surface area contributed by atoms with Crippen LogP contribution in [0.25, 0.3) is 22.2 Å². The maximum Gasteiger partial charge on any atom is 0.293 e. The number of pyridine rings is 1. The topological polar surface area (TPSA) is 47.4 Å². The molecule has 1 fully saturated rings. The molecule has 2 aromatic heterocycles. The average molecular weight is 462 g/mol. The molecule has 1 aliphatic heterocycles. The summed E-state index contributed by atoms with van der Waals surface area (Å²) in [6.07, 6.45) is 6.55. The summed E-state index contributed by atoms with van der Waals surface area (Å²) in [4.78, 5) is 18.3. The van der Waals surface area contributed by atoms with Gasteiger partial charge in [-0.15, -0.1) is 0 Å². The highest BCUT2D eigenvalue weighted by Crippen LogP contribution is 2.41. The number of nitrogens with zero attached hydrogens (tertiary/aromatic N) is 3. The van der Waals surface area contributed by atoms with Crippen molar-refractivity contribution in [1.29, 1.82) is 0 Å². The Balaban J connectivity index is 1.96. The van der Waals surface area contributed by atoms with Gasteiger partial charge in [-0.3, -0.25) is 9.78 Å². The van der Waals surface area contributed by atoms with Gasteiger partial charge in [0.25, 0.3) is 6.47 Å². The van der Waals surface area contributed by atoms with Crippen LogP contribution in [0.3, 0.4) is 0 Å². The van der Waals surface area contributed by atoms with Crippen molar-refractivity contribution < 1.29 is 9.53 Å². The third-order valence-electron chi connectivity index (χ3n) is 7.03. The van der Waals surface area contributed by atoms with E-state index in [2.05, 4.69) is 68.4 Å². The van der Waals surface area contributed by atoms with E-state index in [1.807, 2.05) is 12.3 Å². The Morgan fingerprint density at radius 1 is 1.15 bits per heavy atom. The number of carbonyl (C=O) groups excluding carboxylic acids is 1. The summed E-state index contributed by atoms with van der Waals surface area (Å²) >= 11 is 0. The number of piperidine rings is 1. The minimum Gasteiger partial charge on any atom is -0.467 e. The van der Waals surface area contributed by atoms with Gasteiger partial charge >= 0.3 is 0 Å². The van der Waals surface area contributed by atoms with E-state index < -0.39 is 0 Å². The molecule has 1 aliphatic rings. The molecule has 0 aliphatic carbocycles. The van der Waals surface area contributed by atoms with Gasteiger partial charge in [-0.2, -0.15) is 0 Å². The monoisotopic (exact) mass is 461 g/mol. The molecule has 34 heavy (non-hydrogen) atoms. The normalized spacial score (nSPS) is 14.7. The minimum atomic E-state index is -0.191. The molecule has 0 bridgehead atoms. The van der Waals surface area contributed by atoms with Crippen LogP contribution >= 0.6 is 0 Å². The zero-order valence-corrected chi connectivity index (χ0v) is 21.4. The number of aromatic nitrogens is 2. The van der Waals surface area contributed by atoms with Crippen LogP contribution in [0.2, 0.25) is 0 Å². The summed E-state index contributed by atoms with van der Waals surface area (Å²) in [6.45, 7) is 15.1. The van der Waals surface area contributed by atoms with E-state index in [0.717, 1.165) is 31.7 Å². The Hall–Kier alpha value is -2.82. The first kappa shape index (κ1) is 24.3. The number of benzene rings is 1. The highest BCUT2D eigenvalue weighted by atomic mass is 16.5. The molecule has 0 N–H and O–H groups in total. The van der Waals surface area contributed by atoms with Crippen molar-refractivity contribution in [3.05, 3.63) is 47.8 Å². The van der Waals surface area contributed by atoms with Gasteiger partial charge in [0.05, 0.1) is 18.0 Å². The maximum absolute atomic E-state index is 11.0. The van der Waals surface area contributed by atoms with Gasteiger partial charge in [-0.25, -0.2) is 0 Å². The van der Waals surface area contributed by atoms with Crippen molar-refractivity contribution in [2.24, 2.45) is 5.41 Å². The first-order valence-electron chi connectivity index (χ1n) is 12.8. The molecule has 1 saturated heterocycles. The molecular formula is C29H39N3O2. The van der Waals surface area contributed by atoms with Gasteiger partial charge in [0.2, 0.25) is 0 Å². The second-order valence-corrected chi connectivity index (χ2v) is 10.7. The van der Waals surface area contributed by atoms with Crippen molar-refractivity contribution in [3.8, 4) is 11.3 Å².